The molecule has 0 aliphatic rings. The molecule has 2 aromatic rings. The minimum Gasteiger partial charge on any atom is -0.305 e. The Kier molecular flexibility index (Phi) is 4.58. The van der Waals surface area contributed by atoms with Crippen molar-refractivity contribution in [2.24, 2.45) is 0 Å². The first-order valence-electron chi connectivity index (χ1n) is 6.47. The van der Waals surface area contributed by atoms with Crippen LogP contribution in [0.15, 0.2) is 36.8 Å². The van der Waals surface area contributed by atoms with E-state index in [1.165, 1.54) is 12.4 Å². The molecular weight excluding hydrogens is 241 g/mol. The molecule has 0 radical (unpaired) electrons. The summed E-state index contributed by atoms with van der Waals surface area (Å²) < 4.78 is 13.6. The van der Waals surface area contributed by atoms with Crippen LogP contribution in [0, 0.1) is 12.7 Å². The number of aromatic nitrogens is 2. The number of nitrogens with one attached hydrogen (secondary N) is 1. The van der Waals surface area contributed by atoms with Crippen molar-refractivity contribution in [1.82, 2.24) is 15.3 Å². The molecule has 2 rings (SSSR count). The second-order valence-corrected chi connectivity index (χ2v) is 4.58. The summed E-state index contributed by atoms with van der Waals surface area (Å²) in [6.45, 7) is 4.84. The summed E-state index contributed by atoms with van der Waals surface area (Å²) in [5.74, 6) is -0.215. The SMILES string of the molecule is CCCNC(c1cc(C)cc(F)c1)c1ccncn1. The van der Waals surface area contributed by atoms with E-state index in [0.717, 1.165) is 29.8 Å². The number of benzene rings is 1. The smallest absolute Gasteiger partial charge is 0.123 e. The second kappa shape index (κ2) is 6.38. The predicted octanol–water partition coefficient (Wildman–Crippen LogP) is 3.01. The lowest BCUT2D eigenvalue weighted by Crippen LogP contribution is -2.24. The Balaban J connectivity index is 2.36. The van der Waals surface area contributed by atoms with E-state index in [9.17, 15) is 4.39 Å². The van der Waals surface area contributed by atoms with Crippen LogP contribution in [0.25, 0.3) is 0 Å². The van der Waals surface area contributed by atoms with E-state index in [2.05, 4.69) is 22.2 Å². The molecule has 1 aromatic carbocycles. The van der Waals surface area contributed by atoms with Gasteiger partial charge in [-0.1, -0.05) is 13.0 Å². The van der Waals surface area contributed by atoms with Crippen molar-refractivity contribution >= 4 is 0 Å². The van der Waals surface area contributed by atoms with Crippen molar-refractivity contribution in [3.63, 3.8) is 0 Å². The number of nitrogens with zero attached hydrogens (tertiary/aromatic N) is 2. The van der Waals surface area contributed by atoms with Gasteiger partial charge in [-0.25, -0.2) is 14.4 Å². The van der Waals surface area contributed by atoms with Crippen molar-refractivity contribution in [1.29, 1.82) is 0 Å². The monoisotopic (exact) mass is 259 g/mol. The van der Waals surface area contributed by atoms with Gasteiger partial charge in [0.1, 0.15) is 12.1 Å². The largest absolute Gasteiger partial charge is 0.305 e. The summed E-state index contributed by atoms with van der Waals surface area (Å²) in [7, 11) is 0. The normalized spacial score (nSPS) is 12.4. The van der Waals surface area contributed by atoms with Crippen LogP contribution in [-0.2, 0) is 0 Å². The molecule has 1 aromatic heterocycles. The van der Waals surface area contributed by atoms with E-state index in [-0.39, 0.29) is 11.9 Å². The molecule has 0 aliphatic heterocycles. The van der Waals surface area contributed by atoms with E-state index in [1.54, 1.807) is 12.3 Å². The number of hydrogen-bond donors (Lipinski definition) is 1. The van der Waals surface area contributed by atoms with Crippen molar-refractivity contribution in [2.45, 2.75) is 26.3 Å². The molecule has 0 aliphatic carbocycles. The first-order valence-corrected chi connectivity index (χ1v) is 6.47. The van der Waals surface area contributed by atoms with Gasteiger partial charge in [0.25, 0.3) is 0 Å². The van der Waals surface area contributed by atoms with Gasteiger partial charge in [0, 0.05) is 6.20 Å². The minimum atomic E-state index is -0.215. The van der Waals surface area contributed by atoms with Gasteiger partial charge in [0.15, 0.2) is 0 Å². The Morgan fingerprint density at radius 3 is 2.79 bits per heavy atom. The Hall–Kier alpha value is -1.81. The fourth-order valence-electron chi connectivity index (χ4n) is 2.08. The Morgan fingerprint density at radius 2 is 2.16 bits per heavy atom. The van der Waals surface area contributed by atoms with Crippen molar-refractivity contribution in [3.8, 4) is 0 Å². The van der Waals surface area contributed by atoms with Gasteiger partial charge in [-0.2, -0.15) is 0 Å². The highest BCUT2D eigenvalue weighted by molar-refractivity contribution is 5.31. The quantitative estimate of drug-likeness (QED) is 0.897. The molecule has 3 nitrogen and oxygen atoms in total. The molecule has 0 bridgehead atoms. The summed E-state index contributed by atoms with van der Waals surface area (Å²) in [5, 5.41) is 3.40. The maximum absolute atomic E-state index is 13.6. The maximum Gasteiger partial charge on any atom is 0.123 e. The second-order valence-electron chi connectivity index (χ2n) is 4.58. The lowest BCUT2D eigenvalue weighted by atomic mass is 10.0. The third-order valence-corrected chi connectivity index (χ3v) is 2.90. The molecule has 1 heterocycles. The summed E-state index contributed by atoms with van der Waals surface area (Å²) in [4.78, 5) is 8.20. The van der Waals surface area contributed by atoms with Crippen LogP contribution >= 0.6 is 0 Å². The molecule has 0 amide bonds. The third-order valence-electron chi connectivity index (χ3n) is 2.90. The summed E-state index contributed by atoms with van der Waals surface area (Å²) in [6.07, 6.45) is 4.23. The number of halogens is 1. The average molecular weight is 259 g/mol. The molecule has 0 spiro atoms. The van der Waals surface area contributed by atoms with E-state index in [4.69, 9.17) is 0 Å². The van der Waals surface area contributed by atoms with Crippen molar-refractivity contribution < 1.29 is 4.39 Å². The topological polar surface area (TPSA) is 37.8 Å². The van der Waals surface area contributed by atoms with Gasteiger partial charge in [0.2, 0.25) is 0 Å². The zero-order valence-corrected chi connectivity index (χ0v) is 11.2. The fraction of sp³-hybridized carbons (Fsp3) is 0.333. The first kappa shape index (κ1) is 13.6. The van der Waals surface area contributed by atoms with Gasteiger partial charge in [0.05, 0.1) is 11.7 Å². The molecule has 0 fully saturated rings. The van der Waals surface area contributed by atoms with Crippen LogP contribution in [-0.4, -0.2) is 16.5 Å². The highest BCUT2D eigenvalue weighted by Crippen LogP contribution is 2.22. The van der Waals surface area contributed by atoms with E-state index >= 15 is 0 Å². The van der Waals surface area contributed by atoms with E-state index in [1.807, 2.05) is 19.1 Å². The minimum absolute atomic E-state index is 0.0997. The van der Waals surface area contributed by atoms with Crippen molar-refractivity contribution in [3.05, 3.63) is 59.4 Å². The average Bonchev–Trinajstić information content (AvgIpc) is 2.39. The van der Waals surface area contributed by atoms with Crippen LogP contribution in [0.2, 0.25) is 0 Å². The van der Waals surface area contributed by atoms with Gasteiger partial charge < -0.3 is 5.32 Å². The lowest BCUT2D eigenvalue weighted by molar-refractivity contribution is 0.574. The maximum atomic E-state index is 13.6. The summed E-state index contributed by atoms with van der Waals surface area (Å²) in [6, 6.07) is 6.83. The van der Waals surface area contributed by atoms with E-state index in [0.29, 0.717) is 0 Å². The van der Waals surface area contributed by atoms with Crippen LogP contribution in [0.1, 0.15) is 36.2 Å². The van der Waals surface area contributed by atoms with Gasteiger partial charge >= 0.3 is 0 Å². The van der Waals surface area contributed by atoms with Crippen LogP contribution in [0.4, 0.5) is 4.39 Å². The fourth-order valence-corrected chi connectivity index (χ4v) is 2.08. The zero-order valence-electron chi connectivity index (χ0n) is 11.2. The molecule has 0 saturated heterocycles. The summed E-state index contributed by atoms with van der Waals surface area (Å²) in [5.41, 5.74) is 2.66. The molecule has 19 heavy (non-hydrogen) atoms. The number of aryl methyl sites for hydroxylation is 1. The molecule has 4 heteroatoms. The number of hydrogen-bond acceptors (Lipinski definition) is 3. The van der Waals surface area contributed by atoms with Gasteiger partial charge in [-0.3, -0.25) is 0 Å². The zero-order chi connectivity index (χ0) is 13.7. The third kappa shape index (κ3) is 3.58. The molecule has 1 unspecified atom stereocenters. The summed E-state index contributed by atoms with van der Waals surface area (Å²) >= 11 is 0. The Bertz CT molecular complexity index is 508. The molecular formula is C15H18FN3. The van der Waals surface area contributed by atoms with Crippen molar-refractivity contribution in [2.75, 3.05) is 6.54 Å². The first-order chi connectivity index (χ1) is 9.20. The van der Waals surface area contributed by atoms with Gasteiger partial charge in [-0.05, 0) is 49.2 Å². The van der Waals surface area contributed by atoms with Crippen LogP contribution in [0.5, 0.6) is 0 Å². The van der Waals surface area contributed by atoms with Gasteiger partial charge in [-0.15, -0.1) is 0 Å². The Morgan fingerprint density at radius 1 is 1.32 bits per heavy atom. The van der Waals surface area contributed by atoms with E-state index < -0.39 is 0 Å². The molecule has 0 saturated carbocycles. The standard InChI is InChI=1S/C15H18FN3/c1-3-5-18-15(14-4-6-17-10-19-14)12-7-11(2)8-13(16)9-12/h4,6-10,15,18H,3,5H2,1-2H3. The molecule has 1 N–H and O–H groups in total. The molecule has 100 valence electrons. The van der Waals surface area contributed by atoms with Crippen LogP contribution < -0.4 is 5.32 Å². The lowest BCUT2D eigenvalue weighted by Gasteiger charge is -2.19. The number of rotatable bonds is 5. The molecule has 1 atom stereocenters. The van der Waals surface area contributed by atoms with Crippen LogP contribution in [0.3, 0.4) is 0 Å². The highest BCUT2D eigenvalue weighted by atomic mass is 19.1. The Labute approximate surface area is 112 Å². The highest BCUT2D eigenvalue weighted by Gasteiger charge is 2.15. The predicted molar refractivity (Wildman–Crippen MR) is 73.3 cm³/mol.